The molecule has 4 aromatic rings. The van der Waals surface area contributed by atoms with Gasteiger partial charge in [0.25, 0.3) is 15.9 Å². The first kappa shape index (κ1) is 25.7. The monoisotopic (exact) mass is 513 g/mol. The van der Waals surface area contributed by atoms with Gasteiger partial charge in [0.2, 0.25) is 0 Å². The Balaban J connectivity index is 1.50. The minimum atomic E-state index is -3.99. The van der Waals surface area contributed by atoms with E-state index in [1.165, 1.54) is 18.3 Å². The molecule has 0 aliphatic heterocycles. The molecule has 0 radical (unpaired) electrons. The first-order chi connectivity index (χ1) is 17.8. The predicted molar refractivity (Wildman–Crippen MR) is 146 cm³/mol. The van der Waals surface area contributed by atoms with E-state index in [0.29, 0.717) is 22.7 Å². The van der Waals surface area contributed by atoms with Crippen molar-refractivity contribution in [2.75, 3.05) is 10.8 Å². The zero-order chi connectivity index (χ0) is 26.3. The van der Waals surface area contributed by atoms with Gasteiger partial charge in [0.05, 0.1) is 16.8 Å². The van der Waals surface area contributed by atoms with Crippen LogP contribution in [-0.4, -0.2) is 27.1 Å². The largest absolute Gasteiger partial charge is 0.457 e. The van der Waals surface area contributed by atoms with Crippen molar-refractivity contribution in [2.24, 2.45) is 5.10 Å². The lowest BCUT2D eigenvalue weighted by atomic mass is 10.1. The first-order valence-electron chi connectivity index (χ1n) is 11.6. The van der Waals surface area contributed by atoms with Gasteiger partial charge in [0.1, 0.15) is 18.0 Å². The molecule has 0 saturated heterocycles. The summed E-state index contributed by atoms with van der Waals surface area (Å²) in [6, 6.07) is 30.1. The van der Waals surface area contributed by atoms with Crippen LogP contribution in [0.2, 0.25) is 0 Å². The summed E-state index contributed by atoms with van der Waals surface area (Å²) in [5.74, 6) is 0.749. The minimum absolute atomic E-state index is 0.0979. The van der Waals surface area contributed by atoms with E-state index >= 15 is 0 Å². The van der Waals surface area contributed by atoms with E-state index in [0.717, 1.165) is 15.4 Å². The molecule has 188 valence electrons. The maximum Gasteiger partial charge on any atom is 0.264 e. The van der Waals surface area contributed by atoms with Crippen molar-refractivity contribution in [3.05, 3.63) is 120 Å². The van der Waals surface area contributed by atoms with E-state index in [2.05, 4.69) is 10.5 Å². The van der Waals surface area contributed by atoms with E-state index in [1.54, 1.807) is 36.4 Å². The molecule has 0 spiro atoms. The summed E-state index contributed by atoms with van der Waals surface area (Å²) in [6.07, 6.45) is 1.47. The number of anilines is 1. The second-order valence-electron chi connectivity index (χ2n) is 8.45. The molecule has 0 unspecified atom stereocenters. The molecule has 37 heavy (non-hydrogen) atoms. The van der Waals surface area contributed by atoms with Crippen LogP contribution in [0.5, 0.6) is 11.5 Å². The lowest BCUT2D eigenvalue weighted by molar-refractivity contribution is -0.119. The van der Waals surface area contributed by atoms with Crippen LogP contribution >= 0.6 is 0 Å². The Morgan fingerprint density at radius 3 is 2.14 bits per heavy atom. The van der Waals surface area contributed by atoms with Gasteiger partial charge >= 0.3 is 0 Å². The molecule has 4 aromatic carbocycles. The second kappa shape index (κ2) is 11.5. The highest BCUT2D eigenvalue weighted by molar-refractivity contribution is 7.92. The number of carbonyl (C=O) groups is 1. The molecule has 0 bridgehead atoms. The highest BCUT2D eigenvalue weighted by Gasteiger charge is 2.27. The molecule has 4 rings (SSSR count). The van der Waals surface area contributed by atoms with Crippen molar-refractivity contribution < 1.29 is 17.9 Å². The topological polar surface area (TPSA) is 88.1 Å². The number of carbonyl (C=O) groups excluding carboxylic acids is 1. The third-order valence-electron chi connectivity index (χ3n) is 5.35. The van der Waals surface area contributed by atoms with E-state index in [-0.39, 0.29) is 4.90 Å². The number of nitrogens with zero attached hydrogens (tertiary/aromatic N) is 2. The number of ether oxygens (including phenoxy) is 1. The number of rotatable bonds is 9. The van der Waals surface area contributed by atoms with Gasteiger partial charge in [-0.15, -0.1) is 0 Å². The normalized spacial score (nSPS) is 11.3. The Bertz CT molecular complexity index is 1480. The Labute approximate surface area is 217 Å². The smallest absolute Gasteiger partial charge is 0.264 e. The lowest BCUT2D eigenvalue weighted by Gasteiger charge is -2.24. The van der Waals surface area contributed by atoms with Gasteiger partial charge in [0.15, 0.2) is 0 Å². The van der Waals surface area contributed by atoms with E-state index in [4.69, 9.17) is 4.74 Å². The van der Waals surface area contributed by atoms with Crippen LogP contribution in [0, 0.1) is 13.8 Å². The Morgan fingerprint density at radius 2 is 1.46 bits per heavy atom. The number of nitrogens with one attached hydrogen (secondary N) is 1. The molecule has 0 aliphatic carbocycles. The van der Waals surface area contributed by atoms with E-state index < -0.39 is 22.5 Å². The van der Waals surface area contributed by atoms with Crippen molar-refractivity contribution in [2.45, 2.75) is 18.7 Å². The Morgan fingerprint density at radius 1 is 0.838 bits per heavy atom. The maximum atomic E-state index is 13.5. The fourth-order valence-corrected chi connectivity index (χ4v) is 5.18. The van der Waals surface area contributed by atoms with E-state index in [9.17, 15) is 13.2 Å². The number of hydrogen-bond acceptors (Lipinski definition) is 5. The molecule has 0 fully saturated rings. The molecular formula is C29H27N3O4S. The van der Waals surface area contributed by atoms with Gasteiger partial charge in [-0.1, -0.05) is 54.6 Å². The Hall–Kier alpha value is -4.43. The number of hydrogen-bond donors (Lipinski definition) is 1. The zero-order valence-corrected chi connectivity index (χ0v) is 21.4. The fourth-order valence-electron chi connectivity index (χ4n) is 3.76. The predicted octanol–water partition coefficient (Wildman–Crippen LogP) is 5.44. The van der Waals surface area contributed by atoms with Gasteiger partial charge in [-0.2, -0.15) is 5.10 Å². The molecule has 0 aromatic heterocycles. The molecule has 0 atom stereocenters. The number of para-hydroxylation sites is 1. The van der Waals surface area contributed by atoms with E-state index in [1.807, 2.05) is 68.4 Å². The summed E-state index contributed by atoms with van der Waals surface area (Å²) in [5.41, 5.74) is 5.33. The van der Waals surface area contributed by atoms with Gasteiger partial charge in [0, 0.05) is 0 Å². The van der Waals surface area contributed by atoms with Crippen molar-refractivity contribution >= 4 is 27.8 Å². The number of benzene rings is 4. The van der Waals surface area contributed by atoms with Crippen molar-refractivity contribution in [1.82, 2.24) is 5.43 Å². The average Bonchev–Trinajstić information content (AvgIpc) is 2.88. The molecule has 1 N–H and O–H groups in total. The first-order valence-corrected chi connectivity index (χ1v) is 13.1. The third kappa shape index (κ3) is 6.83. The summed E-state index contributed by atoms with van der Waals surface area (Å²) >= 11 is 0. The molecule has 7 nitrogen and oxygen atoms in total. The van der Waals surface area contributed by atoms with Gasteiger partial charge in [-0.25, -0.2) is 13.8 Å². The molecule has 0 saturated carbocycles. The van der Waals surface area contributed by atoms with Crippen LogP contribution in [-0.2, 0) is 14.8 Å². The maximum absolute atomic E-state index is 13.5. The quantitative estimate of drug-likeness (QED) is 0.238. The summed E-state index contributed by atoms with van der Waals surface area (Å²) in [5, 5.41) is 4.02. The average molecular weight is 514 g/mol. The molecule has 8 heteroatoms. The van der Waals surface area contributed by atoms with Crippen molar-refractivity contribution in [3.8, 4) is 11.5 Å². The highest BCUT2D eigenvalue weighted by atomic mass is 32.2. The lowest BCUT2D eigenvalue weighted by Crippen LogP contribution is -2.39. The van der Waals surface area contributed by atoms with Crippen LogP contribution in [0.4, 0.5) is 5.69 Å². The molecule has 0 aliphatic rings. The Kier molecular flexibility index (Phi) is 8.00. The highest BCUT2D eigenvalue weighted by Crippen LogP contribution is 2.26. The summed E-state index contributed by atoms with van der Waals surface area (Å²) < 4.78 is 33.9. The number of hydrazone groups is 1. The fraction of sp³-hybridized carbons (Fsp3) is 0.103. The van der Waals surface area contributed by atoms with Gasteiger partial charge in [-0.3, -0.25) is 9.10 Å². The van der Waals surface area contributed by atoms with Crippen LogP contribution < -0.4 is 14.5 Å². The van der Waals surface area contributed by atoms with Crippen LogP contribution in [0.25, 0.3) is 0 Å². The third-order valence-corrected chi connectivity index (χ3v) is 7.14. The molecular weight excluding hydrogens is 486 g/mol. The molecule has 0 heterocycles. The van der Waals surface area contributed by atoms with Crippen molar-refractivity contribution in [1.29, 1.82) is 0 Å². The molecule has 1 amide bonds. The minimum Gasteiger partial charge on any atom is -0.457 e. The van der Waals surface area contributed by atoms with Gasteiger partial charge in [-0.05, 0) is 79.1 Å². The number of aryl methyl sites for hydroxylation is 2. The second-order valence-corrected chi connectivity index (χ2v) is 10.3. The van der Waals surface area contributed by atoms with Gasteiger partial charge < -0.3 is 4.74 Å². The number of sulfonamides is 1. The summed E-state index contributed by atoms with van der Waals surface area (Å²) in [7, 11) is -3.99. The number of amides is 1. The standard InChI is InChI=1S/C29H27N3O4S/c1-22-16-23(2)18-25(17-22)32(37(34,35)28-14-7-4-8-15-28)21-29(33)31-30-20-24-10-9-13-27(19-24)36-26-11-5-3-6-12-26/h3-20H,21H2,1-2H3,(H,31,33)/b30-20+. The SMILES string of the molecule is Cc1cc(C)cc(N(CC(=O)N/N=C/c2cccc(Oc3ccccc3)c2)S(=O)(=O)c2ccccc2)c1. The van der Waals surface area contributed by atoms with Crippen LogP contribution in [0.1, 0.15) is 16.7 Å². The summed E-state index contributed by atoms with van der Waals surface area (Å²) in [6.45, 7) is 3.32. The zero-order valence-electron chi connectivity index (χ0n) is 20.5. The van der Waals surface area contributed by atoms with Crippen LogP contribution in [0.15, 0.2) is 113 Å². The van der Waals surface area contributed by atoms with Crippen molar-refractivity contribution in [3.63, 3.8) is 0 Å². The van der Waals surface area contributed by atoms with Crippen LogP contribution in [0.3, 0.4) is 0 Å². The summed E-state index contributed by atoms with van der Waals surface area (Å²) in [4.78, 5) is 12.9.